The van der Waals surface area contributed by atoms with E-state index in [-0.39, 0.29) is 11.8 Å². The van der Waals surface area contributed by atoms with Gasteiger partial charge in [-0.3, -0.25) is 9.59 Å². The van der Waals surface area contributed by atoms with Crippen LogP contribution in [0.1, 0.15) is 37.9 Å². The van der Waals surface area contributed by atoms with Crippen LogP contribution in [0.3, 0.4) is 0 Å². The van der Waals surface area contributed by atoms with E-state index in [2.05, 4.69) is 10.3 Å². The molecule has 2 fully saturated rings. The molecule has 3 rings (SSSR count). The maximum absolute atomic E-state index is 12.8. The number of hydrogen-bond acceptors (Lipinski definition) is 3. The summed E-state index contributed by atoms with van der Waals surface area (Å²) in [4.78, 5) is 30.9. The fourth-order valence-electron chi connectivity index (χ4n) is 3.43. The second-order valence-electron chi connectivity index (χ2n) is 6.08. The molecule has 1 aliphatic carbocycles. The van der Waals surface area contributed by atoms with Crippen molar-refractivity contribution in [2.75, 3.05) is 13.1 Å². The van der Waals surface area contributed by atoms with Gasteiger partial charge in [0.15, 0.2) is 0 Å². The molecule has 0 unspecified atom stereocenters. The maximum atomic E-state index is 12.8. The van der Waals surface area contributed by atoms with Crippen molar-refractivity contribution < 1.29 is 9.59 Å². The number of aromatic nitrogens is 2. The van der Waals surface area contributed by atoms with Gasteiger partial charge in [-0.05, 0) is 12.8 Å². The van der Waals surface area contributed by atoms with Gasteiger partial charge in [0.25, 0.3) is 0 Å². The maximum Gasteiger partial charge on any atom is 0.248 e. The normalized spacial score (nSPS) is 21.7. The molecular formula is C15H22N4O2. The Kier molecular flexibility index (Phi) is 3.69. The molecule has 1 spiro atoms. The van der Waals surface area contributed by atoms with Gasteiger partial charge in [-0.25, -0.2) is 4.98 Å². The smallest absolute Gasteiger partial charge is 0.248 e. The van der Waals surface area contributed by atoms with Crippen LogP contribution >= 0.6 is 0 Å². The average Bonchev–Trinajstić information content (AvgIpc) is 3.06. The van der Waals surface area contributed by atoms with Crippen LogP contribution in [0.2, 0.25) is 0 Å². The minimum absolute atomic E-state index is 0.00439. The number of carbonyl (C=O) groups excluding carboxylic acids is 2. The highest BCUT2D eigenvalue weighted by Gasteiger charge is 2.46. The summed E-state index contributed by atoms with van der Waals surface area (Å²) in [6.45, 7) is 1.14. The van der Waals surface area contributed by atoms with Crippen LogP contribution in [0.4, 0.5) is 0 Å². The van der Waals surface area contributed by atoms with E-state index in [0.717, 1.165) is 37.9 Å². The molecular weight excluding hydrogens is 268 g/mol. The lowest BCUT2D eigenvalue weighted by atomic mass is 9.96. The van der Waals surface area contributed by atoms with Crippen LogP contribution in [0.5, 0.6) is 0 Å². The van der Waals surface area contributed by atoms with Gasteiger partial charge in [-0.2, -0.15) is 0 Å². The molecule has 0 atom stereocenters. The van der Waals surface area contributed by atoms with E-state index in [1.807, 2.05) is 22.7 Å². The molecule has 21 heavy (non-hydrogen) atoms. The first-order valence-electron chi connectivity index (χ1n) is 7.67. The van der Waals surface area contributed by atoms with Crippen LogP contribution < -0.4 is 5.32 Å². The molecule has 2 heterocycles. The summed E-state index contributed by atoms with van der Waals surface area (Å²) >= 11 is 0. The summed E-state index contributed by atoms with van der Waals surface area (Å²) in [6, 6.07) is 0. The molecule has 1 aliphatic heterocycles. The highest BCUT2D eigenvalue weighted by molar-refractivity contribution is 5.93. The molecule has 6 heteroatoms. The Morgan fingerprint density at radius 3 is 2.76 bits per heavy atom. The van der Waals surface area contributed by atoms with Crippen LogP contribution in [0.25, 0.3) is 0 Å². The lowest BCUT2D eigenvalue weighted by molar-refractivity contribution is -0.138. The van der Waals surface area contributed by atoms with Gasteiger partial charge < -0.3 is 14.8 Å². The summed E-state index contributed by atoms with van der Waals surface area (Å²) < 4.78 is 1.97. The van der Waals surface area contributed by atoms with Crippen molar-refractivity contribution in [3.8, 4) is 0 Å². The molecule has 1 saturated heterocycles. The van der Waals surface area contributed by atoms with Crippen molar-refractivity contribution in [2.45, 2.75) is 44.1 Å². The number of carbonyl (C=O) groups is 2. The monoisotopic (exact) mass is 290 g/mol. The number of amides is 2. The molecule has 0 radical (unpaired) electrons. The third-order valence-electron chi connectivity index (χ3n) is 4.67. The van der Waals surface area contributed by atoms with Gasteiger partial charge in [-0.15, -0.1) is 0 Å². The topological polar surface area (TPSA) is 67.2 Å². The van der Waals surface area contributed by atoms with Gasteiger partial charge >= 0.3 is 0 Å². The summed E-state index contributed by atoms with van der Waals surface area (Å²) in [6.07, 6.45) is 8.37. The zero-order valence-corrected chi connectivity index (χ0v) is 12.5. The van der Waals surface area contributed by atoms with E-state index in [9.17, 15) is 9.59 Å². The molecule has 1 aromatic heterocycles. The van der Waals surface area contributed by atoms with Gasteiger partial charge in [0.05, 0.1) is 0 Å². The van der Waals surface area contributed by atoms with Crippen molar-refractivity contribution in [3.63, 3.8) is 0 Å². The Bertz CT molecular complexity index is 546. The minimum atomic E-state index is -0.630. The second-order valence-corrected chi connectivity index (χ2v) is 6.08. The zero-order valence-electron chi connectivity index (χ0n) is 12.5. The molecule has 1 N–H and O–H groups in total. The third kappa shape index (κ3) is 2.66. The fourth-order valence-corrected chi connectivity index (χ4v) is 3.43. The van der Waals surface area contributed by atoms with E-state index in [4.69, 9.17) is 0 Å². The van der Waals surface area contributed by atoms with Gasteiger partial charge in [0.1, 0.15) is 11.4 Å². The molecule has 6 nitrogen and oxygen atoms in total. The zero-order chi connectivity index (χ0) is 14.9. The van der Waals surface area contributed by atoms with Crippen molar-refractivity contribution >= 4 is 11.8 Å². The average molecular weight is 290 g/mol. The van der Waals surface area contributed by atoms with E-state index in [1.165, 1.54) is 0 Å². The SMILES string of the molecule is Cn1ccnc1CCN1CCC(=O)NC2(CCCC2)C1=O. The second kappa shape index (κ2) is 5.50. The first-order valence-corrected chi connectivity index (χ1v) is 7.67. The predicted octanol–water partition coefficient (Wildman–Crippen LogP) is 0.624. The number of nitrogens with zero attached hydrogens (tertiary/aromatic N) is 3. The first kappa shape index (κ1) is 14.1. The largest absolute Gasteiger partial charge is 0.342 e. The fraction of sp³-hybridized carbons (Fsp3) is 0.667. The standard InChI is InChI=1S/C15H22N4O2/c1-18-11-8-16-12(18)4-9-19-10-5-13(20)17-15(14(19)21)6-2-3-7-15/h8,11H,2-7,9-10H2,1H3,(H,17,20). The van der Waals surface area contributed by atoms with Crippen molar-refractivity contribution in [3.05, 3.63) is 18.2 Å². The Balaban J connectivity index is 1.73. The summed E-state index contributed by atoms with van der Waals surface area (Å²) in [5.41, 5.74) is -0.630. The minimum Gasteiger partial charge on any atom is -0.342 e. The number of nitrogens with one attached hydrogen (secondary N) is 1. The van der Waals surface area contributed by atoms with Crippen molar-refractivity contribution in [2.24, 2.45) is 7.05 Å². The Hall–Kier alpha value is -1.85. The summed E-state index contributed by atoms with van der Waals surface area (Å²) in [5, 5.41) is 2.99. The quantitative estimate of drug-likeness (QED) is 0.887. The van der Waals surface area contributed by atoms with Gasteiger partial charge in [0.2, 0.25) is 11.8 Å². The summed E-state index contributed by atoms with van der Waals surface area (Å²) in [7, 11) is 1.95. The Morgan fingerprint density at radius 2 is 2.10 bits per heavy atom. The highest BCUT2D eigenvalue weighted by atomic mass is 16.2. The molecule has 0 aromatic carbocycles. The predicted molar refractivity (Wildman–Crippen MR) is 77.5 cm³/mol. The molecule has 2 aliphatic rings. The first-order chi connectivity index (χ1) is 10.1. The van der Waals surface area contributed by atoms with Crippen LogP contribution in [-0.4, -0.2) is 44.9 Å². The number of imidazole rings is 1. The van der Waals surface area contributed by atoms with Crippen molar-refractivity contribution in [1.82, 2.24) is 19.8 Å². The molecule has 0 bridgehead atoms. The molecule has 1 saturated carbocycles. The lowest BCUT2D eigenvalue weighted by Gasteiger charge is -2.31. The lowest BCUT2D eigenvalue weighted by Crippen LogP contribution is -2.55. The Labute approximate surface area is 124 Å². The molecule has 1 aromatic rings. The molecule has 114 valence electrons. The number of aryl methyl sites for hydroxylation is 1. The van der Waals surface area contributed by atoms with E-state index >= 15 is 0 Å². The van der Waals surface area contributed by atoms with Crippen LogP contribution in [0, 0.1) is 0 Å². The number of rotatable bonds is 3. The van der Waals surface area contributed by atoms with E-state index in [0.29, 0.717) is 19.5 Å². The van der Waals surface area contributed by atoms with E-state index in [1.54, 1.807) is 6.20 Å². The van der Waals surface area contributed by atoms with Crippen LogP contribution in [0.15, 0.2) is 12.4 Å². The van der Waals surface area contributed by atoms with Crippen LogP contribution in [-0.2, 0) is 23.1 Å². The Morgan fingerprint density at radius 1 is 1.33 bits per heavy atom. The van der Waals surface area contributed by atoms with E-state index < -0.39 is 5.54 Å². The van der Waals surface area contributed by atoms with Gasteiger partial charge in [-0.1, -0.05) is 12.8 Å². The third-order valence-corrected chi connectivity index (χ3v) is 4.67. The number of hydrogen-bond donors (Lipinski definition) is 1. The van der Waals surface area contributed by atoms with Gasteiger partial charge in [0, 0.05) is 45.4 Å². The summed E-state index contributed by atoms with van der Waals surface area (Å²) in [5.74, 6) is 1.07. The highest BCUT2D eigenvalue weighted by Crippen LogP contribution is 2.33. The van der Waals surface area contributed by atoms with Crippen molar-refractivity contribution in [1.29, 1.82) is 0 Å². The molecule has 2 amide bonds.